The van der Waals surface area contributed by atoms with Gasteiger partial charge < -0.3 is 0 Å². The van der Waals surface area contributed by atoms with Crippen LogP contribution in [0.5, 0.6) is 0 Å². The Kier molecular flexibility index (Phi) is 5.98. The molecule has 0 radical (unpaired) electrons. The predicted molar refractivity (Wildman–Crippen MR) is 107 cm³/mol. The molecule has 0 saturated heterocycles. The van der Waals surface area contributed by atoms with Crippen LogP contribution in [-0.4, -0.2) is 25.9 Å². The number of carbonyl (C=O) groups excluding carboxylic acids is 1. The molecule has 1 aromatic heterocycles. The van der Waals surface area contributed by atoms with Crippen molar-refractivity contribution in [3.63, 3.8) is 0 Å². The Morgan fingerprint density at radius 3 is 2.46 bits per heavy atom. The molecule has 9 heteroatoms. The summed E-state index contributed by atoms with van der Waals surface area (Å²) in [6.45, 7) is 3.57. The van der Waals surface area contributed by atoms with E-state index in [9.17, 15) is 17.6 Å². The highest BCUT2D eigenvalue weighted by Crippen LogP contribution is 2.25. The molecule has 2 aromatic carbocycles. The second kappa shape index (κ2) is 8.42. The summed E-state index contributed by atoms with van der Waals surface area (Å²) in [7, 11) is -3.64. The minimum atomic E-state index is -3.64. The Hall–Kier alpha value is -2.88. The predicted octanol–water partition coefficient (Wildman–Crippen LogP) is 3.67. The number of sulfonamides is 1. The van der Waals surface area contributed by atoms with Gasteiger partial charge in [-0.3, -0.25) is 10.1 Å². The average Bonchev–Trinajstić information content (AvgIpc) is 3.15. The van der Waals surface area contributed by atoms with Gasteiger partial charge in [0, 0.05) is 23.1 Å². The summed E-state index contributed by atoms with van der Waals surface area (Å²) < 4.78 is 39.4. The number of hydrogen-bond donors (Lipinski definition) is 2. The molecule has 0 aliphatic heterocycles. The topological polar surface area (TPSA) is 88.2 Å². The summed E-state index contributed by atoms with van der Waals surface area (Å²) in [6.07, 6.45) is 1.44. The van der Waals surface area contributed by atoms with E-state index in [-0.39, 0.29) is 17.3 Å². The third kappa shape index (κ3) is 4.69. The van der Waals surface area contributed by atoms with Crippen molar-refractivity contribution >= 4 is 32.4 Å². The fourth-order valence-corrected chi connectivity index (χ4v) is 4.00. The first kappa shape index (κ1) is 19.9. The minimum absolute atomic E-state index is 0.0544. The molecule has 0 fully saturated rings. The summed E-state index contributed by atoms with van der Waals surface area (Å²) in [5.74, 6) is -0.749. The summed E-state index contributed by atoms with van der Waals surface area (Å²) in [5, 5.41) is 4.81. The van der Waals surface area contributed by atoms with Gasteiger partial charge in [0.05, 0.1) is 10.6 Å². The van der Waals surface area contributed by atoms with E-state index in [4.69, 9.17) is 0 Å². The normalized spacial score (nSPS) is 11.2. The van der Waals surface area contributed by atoms with Crippen molar-refractivity contribution in [1.29, 1.82) is 0 Å². The van der Waals surface area contributed by atoms with Gasteiger partial charge in [-0.2, -0.15) is 0 Å². The van der Waals surface area contributed by atoms with Gasteiger partial charge in [-0.05, 0) is 48.5 Å². The third-order valence-electron chi connectivity index (χ3n) is 3.71. The van der Waals surface area contributed by atoms with E-state index in [0.29, 0.717) is 16.4 Å². The van der Waals surface area contributed by atoms with Crippen LogP contribution in [0.25, 0.3) is 11.3 Å². The lowest BCUT2D eigenvalue weighted by atomic mass is 10.2. The van der Waals surface area contributed by atoms with Crippen LogP contribution in [0.2, 0.25) is 0 Å². The summed E-state index contributed by atoms with van der Waals surface area (Å²) in [5.41, 5.74) is 1.65. The van der Waals surface area contributed by atoms with E-state index in [1.54, 1.807) is 17.5 Å². The molecule has 1 amide bonds. The highest BCUT2D eigenvalue weighted by atomic mass is 32.2. The maximum Gasteiger partial charge on any atom is 0.257 e. The highest BCUT2D eigenvalue weighted by molar-refractivity contribution is 7.89. The Morgan fingerprint density at radius 1 is 1.14 bits per heavy atom. The zero-order valence-corrected chi connectivity index (χ0v) is 16.2. The van der Waals surface area contributed by atoms with Gasteiger partial charge in [0.1, 0.15) is 5.82 Å². The number of benzene rings is 2. The first-order chi connectivity index (χ1) is 13.4. The highest BCUT2D eigenvalue weighted by Gasteiger charge is 2.15. The van der Waals surface area contributed by atoms with Crippen LogP contribution in [0, 0.1) is 5.82 Å². The number of aromatic nitrogens is 1. The summed E-state index contributed by atoms with van der Waals surface area (Å²) in [4.78, 5) is 16.7. The van der Waals surface area contributed by atoms with Crippen molar-refractivity contribution in [2.45, 2.75) is 4.90 Å². The fraction of sp³-hybridized carbons (Fsp3) is 0.0526. The number of rotatable bonds is 7. The molecule has 0 bridgehead atoms. The second-order valence-electron chi connectivity index (χ2n) is 5.66. The zero-order valence-electron chi connectivity index (χ0n) is 14.6. The van der Waals surface area contributed by atoms with Gasteiger partial charge in [0.25, 0.3) is 5.91 Å². The van der Waals surface area contributed by atoms with Crippen LogP contribution in [0.1, 0.15) is 10.4 Å². The molecule has 0 unspecified atom stereocenters. The lowest BCUT2D eigenvalue weighted by Gasteiger charge is -2.06. The summed E-state index contributed by atoms with van der Waals surface area (Å²) >= 11 is 1.24. The van der Waals surface area contributed by atoms with Crippen LogP contribution in [0.15, 0.2) is 71.5 Å². The van der Waals surface area contributed by atoms with Crippen molar-refractivity contribution in [2.75, 3.05) is 11.9 Å². The first-order valence-corrected chi connectivity index (χ1v) is 10.5. The molecule has 6 nitrogen and oxygen atoms in total. The van der Waals surface area contributed by atoms with E-state index in [1.165, 1.54) is 53.8 Å². The Balaban J connectivity index is 1.70. The quantitative estimate of drug-likeness (QED) is 0.574. The van der Waals surface area contributed by atoms with Crippen LogP contribution in [0.3, 0.4) is 0 Å². The van der Waals surface area contributed by atoms with Gasteiger partial charge >= 0.3 is 0 Å². The Bertz CT molecular complexity index is 1090. The number of amides is 1. The van der Waals surface area contributed by atoms with Crippen molar-refractivity contribution in [3.8, 4) is 11.3 Å². The number of carbonyl (C=O) groups is 1. The smallest absolute Gasteiger partial charge is 0.257 e. The lowest BCUT2D eigenvalue weighted by molar-refractivity contribution is 0.102. The molecule has 3 aromatic rings. The second-order valence-corrected chi connectivity index (χ2v) is 8.29. The Labute approximate surface area is 165 Å². The van der Waals surface area contributed by atoms with Gasteiger partial charge in [-0.1, -0.05) is 6.08 Å². The van der Waals surface area contributed by atoms with Crippen LogP contribution < -0.4 is 10.0 Å². The van der Waals surface area contributed by atoms with Crippen LogP contribution >= 0.6 is 11.3 Å². The molecule has 28 heavy (non-hydrogen) atoms. The van der Waals surface area contributed by atoms with Crippen LogP contribution in [0.4, 0.5) is 9.52 Å². The molecule has 0 aliphatic rings. The summed E-state index contributed by atoms with van der Waals surface area (Å²) in [6, 6.07) is 11.4. The van der Waals surface area contributed by atoms with Crippen molar-refractivity contribution in [2.24, 2.45) is 0 Å². The SMILES string of the molecule is C=CCNS(=O)(=O)c1ccc(C(=O)Nc2nc(-c3ccc(F)cc3)cs2)cc1. The molecule has 1 heterocycles. The third-order valence-corrected chi connectivity index (χ3v) is 5.91. The molecule has 144 valence electrons. The molecular formula is C19H16FN3O3S2. The molecule has 3 rings (SSSR count). The van der Waals surface area contributed by atoms with Gasteiger partial charge in [-0.25, -0.2) is 22.5 Å². The largest absolute Gasteiger partial charge is 0.298 e. The van der Waals surface area contributed by atoms with Crippen molar-refractivity contribution in [3.05, 3.63) is 77.9 Å². The first-order valence-electron chi connectivity index (χ1n) is 8.12. The molecule has 2 N–H and O–H groups in total. The van der Waals surface area contributed by atoms with Crippen LogP contribution in [-0.2, 0) is 10.0 Å². The minimum Gasteiger partial charge on any atom is -0.298 e. The standard InChI is InChI=1S/C19H16FN3O3S2/c1-2-11-21-28(25,26)16-9-5-14(6-10-16)18(24)23-19-22-17(12-27-19)13-3-7-15(20)8-4-13/h2-10,12,21H,1,11H2,(H,22,23,24). The number of thiazole rings is 1. The fourth-order valence-electron chi connectivity index (χ4n) is 2.29. The Morgan fingerprint density at radius 2 is 1.82 bits per heavy atom. The lowest BCUT2D eigenvalue weighted by Crippen LogP contribution is -2.23. The number of halogens is 1. The maximum atomic E-state index is 13.0. The van der Waals surface area contributed by atoms with E-state index in [2.05, 4.69) is 21.6 Å². The molecule has 0 atom stereocenters. The number of nitrogens with zero attached hydrogens (tertiary/aromatic N) is 1. The van der Waals surface area contributed by atoms with Gasteiger partial charge in [-0.15, -0.1) is 17.9 Å². The zero-order chi connectivity index (χ0) is 20.1. The monoisotopic (exact) mass is 417 g/mol. The molecule has 0 spiro atoms. The van der Waals surface area contributed by atoms with Crippen molar-refractivity contribution in [1.82, 2.24) is 9.71 Å². The van der Waals surface area contributed by atoms with Crippen molar-refractivity contribution < 1.29 is 17.6 Å². The molecule has 0 aliphatic carbocycles. The molecule has 0 saturated carbocycles. The number of hydrogen-bond acceptors (Lipinski definition) is 5. The van der Waals surface area contributed by atoms with Gasteiger partial charge in [0.15, 0.2) is 5.13 Å². The van der Waals surface area contributed by atoms with E-state index < -0.39 is 15.9 Å². The number of anilines is 1. The van der Waals surface area contributed by atoms with E-state index in [1.807, 2.05) is 0 Å². The average molecular weight is 417 g/mol. The molecular weight excluding hydrogens is 401 g/mol. The van der Waals surface area contributed by atoms with Gasteiger partial charge in [0.2, 0.25) is 10.0 Å². The maximum absolute atomic E-state index is 13.0. The van der Waals surface area contributed by atoms with E-state index in [0.717, 1.165) is 5.56 Å². The van der Waals surface area contributed by atoms with E-state index >= 15 is 0 Å². The number of nitrogens with one attached hydrogen (secondary N) is 2.